The van der Waals surface area contributed by atoms with Crippen LogP contribution in [0.4, 0.5) is 17.6 Å². The first-order valence-corrected chi connectivity index (χ1v) is 6.82. The van der Waals surface area contributed by atoms with Gasteiger partial charge in [0.05, 0.1) is 6.10 Å². The van der Waals surface area contributed by atoms with Crippen molar-refractivity contribution in [2.45, 2.75) is 12.7 Å². The average molecular weight is 343 g/mol. The topological polar surface area (TPSA) is 58.6 Å². The van der Waals surface area contributed by atoms with Crippen molar-refractivity contribution in [1.82, 2.24) is 5.32 Å². The minimum Gasteiger partial charge on any atom is -0.435 e. The van der Waals surface area contributed by atoms with E-state index in [2.05, 4.69) is 10.1 Å². The van der Waals surface area contributed by atoms with Crippen LogP contribution in [0.3, 0.4) is 0 Å². The number of carbonyl (C=O) groups is 1. The Hall–Kier alpha value is -2.61. The Kier molecular flexibility index (Phi) is 5.75. The number of ether oxygens (including phenoxy) is 1. The highest BCUT2D eigenvalue weighted by atomic mass is 19.3. The number of aliphatic hydroxyl groups is 1. The van der Waals surface area contributed by atoms with Gasteiger partial charge in [0.2, 0.25) is 0 Å². The molecule has 0 saturated heterocycles. The summed E-state index contributed by atoms with van der Waals surface area (Å²) in [5.41, 5.74) is 0.128. The molecule has 2 aromatic rings. The number of hydrogen-bond acceptors (Lipinski definition) is 3. The summed E-state index contributed by atoms with van der Waals surface area (Å²) in [6.07, 6.45) is -1.13. The maximum absolute atomic E-state index is 13.0. The third kappa shape index (κ3) is 4.95. The zero-order valence-corrected chi connectivity index (χ0v) is 12.2. The molecule has 24 heavy (non-hydrogen) atoms. The summed E-state index contributed by atoms with van der Waals surface area (Å²) in [7, 11) is 0. The molecule has 2 N–H and O–H groups in total. The SMILES string of the molecule is O=C(NCC(O)c1ccc(OC(F)F)cc1)c1cc(F)cc(F)c1. The van der Waals surface area contributed by atoms with E-state index in [4.69, 9.17) is 0 Å². The van der Waals surface area contributed by atoms with Crippen LogP contribution >= 0.6 is 0 Å². The molecule has 0 aliphatic carbocycles. The molecule has 0 aliphatic heterocycles. The normalized spacial score (nSPS) is 12.1. The fourth-order valence-electron chi connectivity index (χ4n) is 1.97. The number of benzene rings is 2. The van der Waals surface area contributed by atoms with Gasteiger partial charge in [-0.25, -0.2) is 8.78 Å². The van der Waals surface area contributed by atoms with Gasteiger partial charge >= 0.3 is 6.61 Å². The summed E-state index contributed by atoms with van der Waals surface area (Å²) in [4.78, 5) is 11.8. The second-order valence-electron chi connectivity index (χ2n) is 4.83. The van der Waals surface area contributed by atoms with Gasteiger partial charge < -0.3 is 15.2 Å². The predicted molar refractivity (Wildman–Crippen MR) is 76.7 cm³/mol. The highest BCUT2D eigenvalue weighted by molar-refractivity contribution is 5.94. The van der Waals surface area contributed by atoms with Gasteiger partial charge in [0.15, 0.2) is 0 Å². The molecule has 1 unspecified atom stereocenters. The molecule has 0 spiro atoms. The van der Waals surface area contributed by atoms with Gasteiger partial charge in [-0.3, -0.25) is 4.79 Å². The zero-order chi connectivity index (χ0) is 17.7. The number of nitrogens with one attached hydrogen (secondary N) is 1. The van der Waals surface area contributed by atoms with Crippen molar-refractivity contribution in [3.05, 3.63) is 65.2 Å². The van der Waals surface area contributed by atoms with E-state index in [9.17, 15) is 27.5 Å². The second-order valence-corrected chi connectivity index (χ2v) is 4.83. The standard InChI is InChI=1S/C16H13F4NO3/c17-11-5-10(6-12(18)7-11)15(23)21-8-14(22)9-1-3-13(4-2-9)24-16(19)20/h1-7,14,16,22H,8H2,(H,21,23). The third-order valence-corrected chi connectivity index (χ3v) is 3.07. The molecule has 2 aromatic carbocycles. The van der Waals surface area contributed by atoms with Crippen LogP contribution in [0.5, 0.6) is 5.75 Å². The Morgan fingerprint density at radius 3 is 2.21 bits per heavy atom. The Morgan fingerprint density at radius 2 is 1.67 bits per heavy atom. The quantitative estimate of drug-likeness (QED) is 0.793. The maximum Gasteiger partial charge on any atom is 0.387 e. The van der Waals surface area contributed by atoms with Crippen LogP contribution in [0.2, 0.25) is 0 Å². The summed E-state index contributed by atoms with van der Waals surface area (Å²) < 4.78 is 54.3. The van der Waals surface area contributed by atoms with Crippen LogP contribution in [0, 0.1) is 11.6 Å². The number of rotatable bonds is 6. The maximum atomic E-state index is 13.0. The number of halogens is 4. The smallest absolute Gasteiger partial charge is 0.387 e. The van der Waals surface area contributed by atoms with Gasteiger partial charge in [0.25, 0.3) is 5.91 Å². The molecule has 2 rings (SSSR count). The van der Waals surface area contributed by atoms with Crippen molar-refractivity contribution in [2.75, 3.05) is 6.54 Å². The summed E-state index contributed by atoms with van der Waals surface area (Å²) in [6.45, 7) is -3.18. The number of carbonyl (C=O) groups excluding carboxylic acids is 1. The highest BCUT2D eigenvalue weighted by Crippen LogP contribution is 2.19. The van der Waals surface area contributed by atoms with E-state index >= 15 is 0 Å². The lowest BCUT2D eigenvalue weighted by atomic mass is 10.1. The van der Waals surface area contributed by atoms with Gasteiger partial charge in [-0.2, -0.15) is 8.78 Å². The second kappa shape index (κ2) is 7.78. The lowest BCUT2D eigenvalue weighted by Crippen LogP contribution is -2.28. The summed E-state index contributed by atoms with van der Waals surface area (Å²) in [6, 6.07) is 7.56. The molecule has 0 fully saturated rings. The monoisotopic (exact) mass is 343 g/mol. The van der Waals surface area contributed by atoms with E-state index in [0.717, 1.165) is 12.1 Å². The molecular formula is C16H13F4NO3. The van der Waals surface area contributed by atoms with Crippen molar-refractivity contribution in [2.24, 2.45) is 0 Å². The van der Waals surface area contributed by atoms with Crippen LogP contribution < -0.4 is 10.1 Å². The Balaban J connectivity index is 1.94. The average Bonchev–Trinajstić information content (AvgIpc) is 2.51. The van der Waals surface area contributed by atoms with Gasteiger partial charge in [0, 0.05) is 18.2 Å². The lowest BCUT2D eigenvalue weighted by molar-refractivity contribution is -0.0498. The molecule has 0 aliphatic rings. The largest absolute Gasteiger partial charge is 0.435 e. The molecule has 0 radical (unpaired) electrons. The van der Waals surface area contributed by atoms with Gasteiger partial charge in [-0.15, -0.1) is 0 Å². The summed E-state index contributed by atoms with van der Waals surface area (Å²) >= 11 is 0. The first-order chi connectivity index (χ1) is 11.3. The van der Waals surface area contributed by atoms with E-state index in [-0.39, 0.29) is 17.9 Å². The first-order valence-electron chi connectivity index (χ1n) is 6.82. The lowest BCUT2D eigenvalue weighted by Gasteiger charge is -2.13. The molecule has 1 atom stereocenters. The van der Waals surface area contributed by atoms with Crippen LogP contribution in [0.25, 0.3) is 0 Å². The van der Waals surface area contributed by atoms with Gasteiger partial charge in [-0.1, -0.05) is 12.1 Å². The van der Waals surface area contributed by atoms with Crippen molar-refractivity contribution in [1.29, 1.82) is 0 Å². The van der Waals surface area contributed by atoms with E-state index in [0.29, 0.717) is 11.6 Å². The van der Waals surface area contributed by atoms with Gasteiger partial charge in [0.1, 0.15) is 17.4 Å². The minimum atomic E-state index is -2.95. The van der Waals surface area contributed by atoms with Crippen LogP contribution in [0.1, 0.15) is 22.0 Å². The fourth-order valence-corrected chi connectivity index (χ4v) is 1.97. The number of alkyl halides is 2. The highest BCUT2D eigenvalue weighted by Gasteiger charge is 2.13. The first kappa shape index (κ1) is 17.7. The van der Waals surface area contributed by atoms with E-state index < -0.39 is 30.3 Å². The van der Waals surface area contributed by atoms with Crippen molar-refractivity contribution >= 4 is 5.91 Å². The third-order valence-electron chi connectivity index (χ3n) is 3.07. The molecule has 0 saturated carbocycles. The van der Waals surface area contributed by atoms with Crippen molar-refractivity contribution in [3.8, 4) is 5.75 Å². The molecule has 1 amide bonds. The Morgan fingerprint density at radius 1 is 1.08 bits per heavy atom. The molecule has 128 valence electrons. The van der Waals surface area contributed by atoms with Crippen LogP contribution in [-0.2, 0) is 0 Å². The summed E-state index contributed by atoms with van der Waals surface area (Å²) in [5, 5.41) is 12.3. The van der Waals surface area contributed by atoms with E-state index in [1.54, 1.807) is 0 Å². The minimum absolute atomic E-state index is 0.0692. The number of amides is 1. The molecule has 8 heteroatoms. The number of aliphatic hydroxyl groups excluding tert-OH is 1. The van der Waals surface area contributed by atoms with Crippen molar-refractivity contribution in [3.63, 3.8) is 0 Å². The fraction of sp³-hybridized carbons (Fsp3) is 0.188. The van der Waals surface area contributed by atoms with E-state index in [1.165, 1.54) is 24.3 Å². The Bertz CT molecular complexity index is 687. The molecule has 0 bridgehead atoms. The molecule has 0 aromatic heterocycles. The predicted octanol–water partition coefficient (Wildman–Crippen LogP) is 3.03. The van der Waals surface area contributed by atoms with Crippen molar-refractivity contribution < 1.29 is 32.2 Å². The zero-order valence-electron chi connectivity index (χ0n) is 12.2. The van der Waals surface area contributed by atoms with E-state index in [1.807, 2.05) is 0 Å². The Labute approximate surface area is 134 Å². The summed E-state index contributed by atoms with van der Waals surface area (Å²) in [5.74, 6) is -2.61. The van der Waals surface area contributed by atoms with Gasteiger partial charge in [-0.05, 0) is 29.8 Å². The number of hydrogen-bond donors (Lipinski definition) is 2. The van der Waals surface area contributed by atoms with Crippen LogP contribution in [0.15, 0.2) is 42.5 Å². The molecule has 4 nitrogen and oxygen atoms in total. The van der Waals surface area contributed by atoms with Crippen LogP contribution in [-0.4, -0.2) is 24.2 Å². The molecular weight excluding hydrogens is 330 g/mol. The molecule has 0 heterocycles.